The summed E-state index contributed by atoms with van der Waals surface area (Å²) in [7, 11) is 0. The minimum absolute atomic E-state index is 0.192. The van der Waals surface area contributed by atoms with Crippen LogP contribution in [0.1, 0.15) is 20.8 Å². The Labute approximate surface area is 127 Å². The zero-order chi connectivity index (χ0) is 14.7. The maximum atomic E-state index is 12.1. The van der Waals surface area contributed by atoms with Gasteiger partial charge in [0.1, 0.15) is 5.69 Å². The minimum Gasteiger partial charge on any atom is -0.477 e. The van der Waals surface area contributed by atoms with Gasteiger partial charge < -0.3 is 10.4 Å². The average molecular weight is 356 g/mol. The van der Waals surface area contributed by atoms with E-state index < -0.39 is 11.9 Å². The molecule has 1 heterocycles. The highest BCUT2D eigenvalue weighted by Gasteiger charge is 2.12. The number of anilines is 1. The number of nitrogens with one attached hydrogen (secondary N) is 1. The van der Waals surface area contributed by atoms with Gasteiger partial charge in [-0.15, -0.1) is 0 Å². The first kappa shape index (κ1) is 14.5. The molecule has 2 N–H and O–H groups in total. The number of aromatic nitrogens is 1. The number of nitrogens with zero attached hydrogens (tertiary/aromatic N) is 1. The molecule has 0 bridgehead atoms. The molecule has 1 aromatic carbocycles. The third-order valence-corrected chi connectivity index (χ3v) is 3.84. The van der Waals surface area contributed by atoms with E-state index in [1.165, 1.54) is 18.3 Å². The number of benzene rings is 1. The zero-order valence-corrected chi connectivity index (χ0v) is 12.3. The van der Waals surface area contributed by atoms with Crippen LogP contribution in [0.15, 0.2) is 41.0 Å². The highest BCUT2D eigenvalue weighted by atomic mass is 79.9. The van der Waals surface area contributed by atoms with Crippen molar-refractivity contribution in [2.45, 2.75) is 0 Å². The first-order valence-corrected chi connectivity index (χ1v) is 6.61. The Bertz CT molecular complexity index is 691. The van der Waals surface area contributed by atoms with Crippen LogP contribution in [0.25, 0.3) is 0 Å². The van der Waals surface area contributed by atoms with Crippen LogP contribution >= 0.6 is 27.5 Å². The number of aromatic carboxylic acids is 1. The van der Waals surface area contributed by atoms with Crippen molar-refractivity contribution in [2.24, 2.45) is 0 Å². The van der Waals surface area contributed by atoms with Crippen molar-refractivity contribution in [3.8, 4) is 0 Å². The van der Waals surface area contributed by atoms with E-state index in [9.17, 15) is 9.59 Å². The molecule has 0 radical (unpaired) electrons. The van der Waals surface area contributed by atoms with E-state index >= 15 is 0 Å². The number of carbonyl (C=O) groups excluding carboxylic acids is 1. The number of amides is 1. The Balaban J connectivity index is 2.26. The highest BCUT2D eigenvalue weighted by molar-refractivity contribution is 9.10. The molecule has 0 spiro atoms. The van der Waals surface area contributed by atoms with E-state index in [0.717, 1.165) is 0 Å². The summed E-state index contributed by atoms with van der Waals surface area (Å²) in [6.07, 6.45) is 1.27. The molecule has 0 saturated carbocycles. The van der Waals surface area contributed by atoms with Crippen molar-refractivity contribution in [3.05, 3.63) is 57.3 Å². The molecule has 7 heteroatoms. The molecule has 20 heavy (non-hydrogen) atoms. The fourth-order valence-corrected chi connectivity index (χ4v) is 2.02. The molecular weight excluding hydrogens is 348 g/mol. The lowest BCUT2D eigenvalue weighted by Gasteiger charge is -2.08. The predicted molar refractivity (Wildman–Crippen MR) is 78.3 cm³/mol. The van der Waals surface area contributed by atoms with E-state index in [0.29, 0.717) is 15.2 Å². The summed E-state index contributed by atoms with van der Waals surface area (Å²) in [5.74, 6) is -1.64. The summed E-state index contributed by atoms with van der Waals surface area (Å²) < 4.78 is 0.558. The molecule has 0 unspecified atom stereocenters. The van der Waals surface area contributed by atoms with Crippen molar-refractivity contribution in [1.29, 1.82) is 0 Å². The number of pyridine rings is 1. The summed E-state index contributed by atoms with van der Waals surface area (Å²) in [6, 6.07) is 7.68. The first-order valence-electron chi connectivity index (χ1n) is 5.44. The molecule has 102 valence electrons. The number of carbonyl (C=O) groups is 2. The van der Waals surface area contributed by atoms with E-state index in [2.05, 4.69) is 26.2 Å². The second-order valence-corrected chi connectivity index (χ2v) is 4.99. The quantitative estimate of drug-likeness (QED) is 0.884. The molecule has 0 aliphatic heterocycles. The van der Waals surface area contributed by atoms with Gasteiger partial charge in [0, 0.05) is 11.8 Å². The van der Waals surface area contributed by atoms with Crippen molar-refractivity contribution in [3.63, 3.8) is 0 Å². The van der Waals surface area contributed by atoms with Gasteiger partial charge in [0.15, 0.2) is 0 Å². The van der Waals surface area contributed by atoms with Gasteiger partial charge in [0.2, 0.25) is 0 Å². The number of carboxylic acids is 1. The van der Waals surface area contributed by atoms with Gasteiger partial charge in [-0.3, -0.25) is 4.79 Å². The largest absolute Gasteiger partial charge is 0.477 e. The Morgan fingerprint density at radius 3 is 2.75 bits per heavy atom. The van der Waals surface area contributed by atoms with E-state index in [1.807, 2.05) is 0 Å². The second-order valence-electron chi connectivity index (χ2n) is 3.79. The van der Waals surface area contributed by atoms with Crippen LogP contribution in [0.3, 0.4) is 0 Å². The Kier molecular flexibility index (Phi) is 4.36. The third-order valence-electron chi connectivity index (χ3n) is 2.44. The topological polar surface area (TPSA) is 79.3 Å². The third kappa shape index (κ3) is 3.15. The van der Waals surface area contributed by atoms with Crippen molar-refractivity contribution >= 4 is 45.1 Å². The first-order chi connectivity index (χ1) is 9.49. The Hall–Kier alpha value is -1.92. The van der Waals surface area contributed by atoms with Crippen molar-refractivity contribution < 1.29 is 14.7 Å². The molecule has 5 nitrogen and oxygen atoms in total. The SMILES string of the molecule is O=C(Nc1cccc(Cl)c1Br)c1ccnc(C(=O)O)c1. The van der Waals surface area contributed by atoms with E-state index in [4.69, 9.17) is 16.7 Å². The van der Waals surface area contributed by atoms with Crippen LogP contribution in [0, 0.1) is 0 Å². The number of hydrogen-bond donors (Lipinski definition) is 2. The molecule has 0 aliphatic carbocycles. The molecular formula is C13H8BrClN2O3. The maximum absolute atomic E-state index is 12.1. The monoisotopic (exact) mass is 354 g/mol. The smallest absolute Gasteiger partial charge is 0.354 e. The summed E-state index contributed by atoms with van der Waals surface area (Å²) in [4.78, 5) is 26.5. The average Bonchev–Trinajstić information content (AvgIpc) is 2.44. The Morgan fingerprint density at radius 2 is 2.05 bits per heavy atom. The summed E-state index contributed by atoms with van der Waals surface area (Å²) >= 11 is 9.19. The normalized spacial score (nSPS) is 10.1. The van der Waals surface area contributed by atoms with Gasteiger partial charge in [-0.25, -0.2) is 9.78 Å². The Morgan fingerprint density at radius 1 is 1.30 bits per heavy atom. The van der Waals surface area contributed by atoms with Crippen LogP contribution in [0.4, 0.5) is 5.69 Å². The van der Waals surface area contributed by atoms with Gasteiger partial charge in [0.25, 0.3) is 5.91 Å². The molecule has 2 aromatic rings. The fourth-order valence-electron chi connectivity index (χ4n) is 1.48. The number of hydrogen-bond acceptors (Lipinski definition) is 3. The molecule has 0 saturated heterocycles. The van der Waals surface area contributed by atoms with Gasteiger partial charge in [-0.1, -0.05) is 17.7 Å². The molecule has 1 aromatic heterocycles. The lowest BCUT2D eigenvalue weighted by molar-refractivity contribution is 0.0690. The maximum Gasteiger partial charge on any atom is 0.354 e. The van der Waals surface area contributed by atoms with E-state index in [1.54, 1.807) is 18.2 Å². The fraction of sp³-hybridized carbons (Fsp3) is 0. The highest BCUT2D eigenvalue weighted by Crippen LogP contribution is 2.30. The van der Waals surface area contributed by atoms with Crippen molar-refractivity contribution in [2.75, 3.05) is 5.32 Å². The molecule has 1 amide bonds. The van der Waals surface area contributed by atoms with Crippen LogP contribution < -0.4 is 5.32 Å². The lowest BCUT2D eigenvalue weighted by Crippen LogP contribution is -2.13. The van der Waals surface area contributed by atoms with Gasteiger partial charge in [-0.2, -0.15) is 0 Å². The van der Waals surface area contributed by atoms with Gasteiger partial charge >= 0.3 is 5.97 Å². The van der Waals surface area contributed by atoms with Crippen molar-refractivity contribution in [1.82, 2.24) is 4.98 Å². The zero-order valence-electron chi connectivity index (χ0n) is 9.93. The number of halogens is 2. The number of carboxylic acid groups (broad SMARTS) is 1. The lowest BCUT2D eigenvalue weighted by atomic mass is 10.2. The van der Waals surface area contributed by atoms with Crippen LogP contribution in [0.2, 0.25) is 5.02 Å². The van der Waals surface area contributed by atoms with Crippen LogP contribution in [0.5, 0.6) is 0 Å². The molecule has 0 atom stereocenters. The standard InChI is InChI=1S/C13H8BrClN2O3/c14-11-8(15)2-1-3-9(11)17-12(18)7-4-5-16-10(6-7)13(19)20/h1-6H,(H,17,18)(H,19,20). The minimum atomic E-state index is -1.19. The summed E-state index contributed by atoms with van der Waals surface area (Å²) in [5, 5.41) is 11.9. The van der Waals surface area contributed by atoms with Crippen LogP contribution in [-0.2, 0) is 0 Å². The van der Waals surface area contributed by atoms with Crippen LogP contribution in [-0.4, -0.2) is 22.0 Å². The molecule has 2 rings (SSSR count). The van der Waals surface area contributed by atoms with Gasteiger partial charge in [-0.05, 0) is 40.2 Å². The second kappa shape index (κ2) is 6.02. The van der Waals surface area contributed by atoms with E-state index in [-0.39, 0.29) is 11.3 Å². The molecule has 0 fully saturated rings. The van der Waals surface area contributed by atoms with Gasteiger partial charge in [0.05, 0.1) is 15.2 Å². The summed E-state index contributed by atoms with van der Waals surface area (Å²) in [6.45, 7) is 0. The predicted octanol–water partition coefficient (Wildman–Crippen LogP) is 3.45. The number of rotatable bonds is 3. The summed E-state index contributed by atoms with van der Waals surface area (Å²) in [5.41, 5.74) is 0.503. The molecule has 0 aliphatic rings.